The van der Waals surface area contributed by atoms with Crippen molar-refractivity contribution in [3.8, 4) is 6.07 Å². The largest absolute Gasteiger partial charge is 0.416 e. The first-order valence-corrected chi connectivity index (χ1v) is 4.93. The highest BCUT2D eigenvalue weighted by Crippen LogP contribution is 2.31. The predicted molar refractivity (Wildman–Crippen MR) is 58.4 cm³/mol. The Bertz CT molecular complexity index is 503. The van der Waals surface area contributed by atoms with E-state index in [9.17, 15) is 18.0 Å². The zero-order valence-electron chi connectivity index (χ0n) is 9.38. The van der Waals surface area contributed by atoms with E-state index in [4.69, 9.17) is 11.0 Å². The summed E-state index contributed by atoms with van der Waals surface area (Å²) in [6, 6.07) is 3.27. The number of nitrogens with zero attached hydrogens (tertiary/aromatic N) is 1. The molecule has 0 bridgehead atoms. The SMILES string of the molecule is C[C@H](N)C(=O)Nc1ccc(C(F)(F)F)cc1C#N. The third-order valence-electron chi connectivity index (χ3n) is 2.14. The molecule has 18 heavy (non-hydrogen) atoms. The van der Waals surface area contributed by atoms with Crippen LogP contribution in [0.2, 0.25) is 0 Å². The monoisotopic (exact) mass is 257 g/mol. The quantitative estimate of drug-likeness (QED) is 0.848. The Kier molecular flexibility index (Phi) is 3.93. The molecule has 0 aromatic heterocycles. The fourth-order valence-corrected chi connectivity index (χ4v) is 1.17. The number of anilines is 1. The van der Waals surface area contributed by atoms with E-state index in [0.29, 0.717) is 6.07 Å². The number of nitrogens with two attached hydrogens (primary N) is 1. The maximum absolute atomic E-state index is 12.4. The van der Waals surface area contributed by atoms with E-state index in [1.807, 2.05) is 0 Å². The first-order valence-electron chi connectivity index (χ1n) is 4.93. The van der Waals surface area contributed by atoms with Crippen molar-refractivity contribution in [3.05, 3.63) is 29.3 Å². The highest BCUT2D eigenvalue weighted by Gasteiger charge is 2.31. The number of nitrogens with one attached hydrogen (secondary N) is 1. The highest BCUT2D eigenvalue weighted by molar-refractivity contribution is 5.95. The zero-order valence-corrected chi connectivity index (χ0v) is 9.38. The molecule has 0 aliphatic carbocycles. The minimum Gasteiger partial charge on any atom is -0.324 e. The summed E-state index contributed by atoms with van der Waals surface area (Å²) in [4.78, 5) is 11.3. The van der Waals surface area contributed by atoms with Crippen LogP contribution in [0.5, 0.6) is 0 Å². The number of halogens is 3. The van der Waals surface area contributed by atoms with Crippen molar-refractivity contribution in [1.82, 2.24) is 0 Å². The third-order valence-corrected chi connectivity index (χ3v) is 2.14. The van der Waals surface area contributed by atoms with Crippen LogP contribution < -0.4 is 11.1 Å². The van der Waals surface area contributed by atoms with E-state index in [2.05, 4.69) is 5.32 Å². The molecule has 1 aromatic rings. The van der Waals surface area contributed by atoms with Gasteiger partial charge in [-0.15, -0.1) is 0 Å². The van der Waals surface area contributed by atoms with Gasteiger partial charge in [-0.25, -0.2) is 0 Å². The van der Waals surface area contributed by atoms with E-state index in [1.165, 1.54) is 6.92 Å². The molecule has 3 N–H and O–H groups in total. The molecule has 0 aliphatic rings. The Labute approximate surface area is 101 Å². The number of carbonyl (C=O) groups is 1. The summed E-state index contributed by atoms with van der Waals surface area (Å²) in [7, 11) is 0. The van der Waals surface area contributed by atoms with Crippen LogP contribution in [0.3, 0.4) is 0 Å². The molecule has 0 heterocycles. The summed E-state index contributed by atoms with van der Waals surface area (Å²) in [6.07, 6.45) is -4.53. The summed E-state index contributed by atoms with van der Waals surface area (Å²) >= 11 is 0. The first kappa shape index (κ1) is 14.0. The van der Waals surface area contributed by atoms with Gasteiger partial charge in [-0.3, -0.25) is 4.79 Å². The molecule has 0 radical (unpaired) electrons. The normalized spacial score (nSPS) is 12.7. The lowest BCUT2D eigenvalue weighted by atomic mass is 10.1. The van der Waals surface area contributed by atoms with Gasteiger partial charge in [-0.2, -0.15) is 18.4 Å². The molecule has 1 aromatic carbocycles. The molecule has 0 fully saturated rings. The number of hydrogen-bond donors (Lipinski definition) is 2. The summed E-state index contributed by atoms with van der Waals surface area (Å²) in [5.74, 6) is -0.578. The van der Waals surface area contributed by atoms with Crippen molar-refractivity contribution >= 4 is 11.6 Å². The van der Waals surface area contributed by atoms with Crippen molar-refractivity contribution in [2.75, 3.05) is 5.32 Å². The van der Waals surface area contributed by atoms with E-state index in [-0.39, 0.29) is 11.3 Å². The van der Waals surface area contributed by atoms with Gasteiger partial charge in [0.1, 0.15) is 6.07 Å². The van der Waals surface area contributed by atoms with Crippen LogP contribution in [0.25, 0.3) is 0 Å². The Hall–Kier alpha value is -2.07. The molecular formula is C11H10F3N3O. The number of alkyl halides is 3. The van der Waals surface area contributed by atoms with Crippen LogP contribution in [0.4, 0.5) is 18.9 Å². The Balaban J connectivity index is 3.10. The van der Waals surface area contributed by atoms with Gasteiger partial charge < -0.3 is 11.1 Å². The van der Waals surface area contributed by atoms with Crippen molar-refractivity contribution in [2.24, 2.45) is 5.73 Å². The fourth-order valence-electron chi connectivity index (χ4n) is 1.17. The van der Waals surface area contributed by atoms with Gasteiger partial charge >= 0.3 is 6.18 Å². The molecule has 1 amide bonds. The van der Waals surface area contributed by atoms with Gasteiger partial charge in [0.15, 0.2) is 0 Å². The lowest BCUT2D eigenvalue weighted by molar-refractivity contribution is -0.137. The molecule has 0 saturated carbocycles. The van der Waals surface area contributed by atoms with Crippen LogP contribution >= 0.6 is 0 Å². The summed E-state index contributed by atoms with van der Waals surface area (Å²) in [5.41, 5.74) is 4.10. The number of amides is 1. The van der Waals surface area contributed by atoms with Gasteiger partial charge in [0.25, 0.3) is 0 Å². The van der Waals surface area contributed by atoms with Crippen molar-refractivity contribution < 1.29 is 18.0 Å². The second-order valence-electron chi connectivity index (χ2n) is 3.65. The van der Waals surface area contributed by atoms with E-state index >= 15 is 0 Å². The second kappa shape index (κ2) is 5.06. The zero-order chi connectivity index (χ0) is 13.9. The Morgan fingerprint density at radius 1 is 1.50 bits per heavy atom. The standard InChI is InChI=1S/C11H10F3N3O/c1-6(16)10(18)17-9-3-2-8(11(12,13)14)4-7(9)5-15/h2-4,6H,16H2,1H3,(H,17,18)/t6-/m0/s1. The molecule has 0 unspecified atom stereocenters. The van der Waals surface area contributed by atoms with Crippen LogP contribution in [0.1, 0.15) is 18.1 Å². The smallest absolute Gasteiger partial charge is 0.324 e. The summed E-state index contributed by atoms with van der Waals surface area (Å²) in [5, 5.41) is 11.0. The molecule has 0 saturated heterocycles. The molecule has 4 nitrogen and oxygen atoms in total. The van der Waals surface area contributed by atoms with Crippen molar-refractivity contribution in [2.45, 2.75) is 19.1 Å². The first-order chi connectivity index (χ1) is 8.25. The maximum atomic E-state index is 12.4. The van der Waals surface area contributed by atoms with Gasteiger partial charge in [0.2, 0.25) is 5.91 Å². The number of rotatable bonds is 2. The van der Waals surface area contributed by atoms with E-state index < -0.39 is 23.7 Å². The highest BCUT2D eigenvalue weighted by atomic mass is 19.4. The minimum atomic E-state index is -4.53. The lowest BCUT2D eigenvalue weighted by Gasteiger charge is -2.12. The molecule has 0 aliphatic heterocycles. The van der Waals surface area contributed by atoms with Gasteiger partial charge in [-0.05, 0) is 25.1 Å². The van der Waals surface area contributed by atoms with E-state index in [1.54, 1.807) is 6.07 Å². The fraction of sp³-hybridized carbons (Fsp3) is 0.273. The molecule has 96 valence electrons. The summed E-state index contributed by atoms with van der Waals surface area (Å²) < 4.78 is 37.2. The maximum Gasteiger partial charge on any atom is 0.416 e. The third kappa shape index (κ3) is 3.21. The Morgan fingerprint density at radius 2 is 2.11 bits per heavy atom. The average molecular weight is 257 g/mol. The van der Waals surface area contributed by atoms with Crippen molar-refractivity contribution in [1.29, 1.82) is 5.26 Å². The molecule has 1 atom stereocenters. The molecule has 1 rings (SSSR count). The number of nitriles is 1. The number of hydrogen-bond acceptors (Lipinski definition) is 3. The van der Waals surface area contributed by atoms with Crippen LogP contribution in [0, 0.1) is 11.3 Å². The second-order valence-corrected chi connectivity index (χ2v) is 3.65. The Morgan fingerprint density at radius 3 is 2.56 bits per heavy atom. The van der Waals surface area contributed by atoms with Crippen LogP contribution in [0.15, 0.2) is 18.2 Å². The summed E-state index contributed by atoms with van der Waals surface area (Å²) in [6.45, 7) is 1.42. The predicted octanol–water partition coefficient (Wildman–Crippen LogP) is 1.86. The lowest BCUT2D eigenvalue weighted by Crippen LogP contribution is -2.32. The topological polar surface area (TPSA) is 78.9 Å². The van der Waals surface area contributed by atoms with Crippen molar-refractivity contribution in [3.63, 3.8) is 0 Å². The van der Waals surface area contributed by atoms with E-state index in [0.717, 1.165) is 12.1 Å². The van der Waals surface area contributed by atoms with Gasteiger partial charge in [-0.1, -0.05) is 0 Å². The average Bonchev–Trinajstić information content (AvgIpc) is 2.27. The number of benzene rings is 1. The minimum absolute atomic E-state index is 0.00722. The van der Waals surface area contributed by atoms with Crippen LogP contribution in [-0.4, -0.2) is 11.9 Å². The van der Waals surface area contributed by atoms with Gasteiger partial charge in [0.05, 0.1) is 22.9 Å². The molecular weight excluding hydrogens is 247 g/mol. The molecule has 0 spiro atoms. The number of carbonyl (C=O) groups excluding carboxylic acids is 1. The van der Waals surface area contributed by atoms with Gasteiger partial charge in [0, 0.05) is 0 Å². The van der Waals surface area contributed by atoms with Crippen LogP contribution in [-0.2, 0) is 11.0 Å². The molecule has 7 heteroatoms.